The molecular weight excluding hydrogens is 260 g/mol. The normalized spacial score (nSPS) is 10.3. The molecule has 0 unspecified atom stereocenters. The van der Waals surface area contributed by atoms with Crippen LogP contribution in [0, 0.1) is 18.3 Å². The number of nitrogens with zero attached hydrogens (tertiary/aromatic N) is 3. The van der Waals surface area contributed by atoms with Gasteiger partial charge < -0.3 is 5.73 Å². The van der Waals surface area contributed by atoms with Gasteiger partial charge in [0.1, 0.15) is 11.9 Å². The van der Waals surface area contributed by atoms with Crippen LogP contribution in [0.1, 0.15) is 11.1 Å². The molecule has 1 aromatic heterocycles. The number of rotatable bonds is 2. The van der Waals surface area contributed by atoms with Crippen LogP contribution in [-0.4, -0.2) is 9.55 Å². The predicted octanol–water partition coefficient (Wildman–Crippen LogP) is 3.30. The lowest BCUT2D eigenvalue weighted by Gasteiger charge is -2.10. The van der Waals surface area contributed by atoms with Gasteiger partial charge in [0, 0.05) is 23.6 Å². The number of hydrogen-bond acceptors (Lipinski definition) is 3. The number of nitrogens with two attached hydrogens (primary N) is 1. The monoisotopic (exact) mass is 274 g/mol. The first kappa shape index (κ1) is 12.9. The van der Waals surface area contributed by atoms with Gasteiger partial charge in [-0.2, -0.15) is 5.26 Å². The van der Waals surface area contributed by atoms with E-state index < -0.39 is 0 Å². The highest BCUT2D eigenvalue weighted by Crippen LogP contribution is 2.24. The maximum Gasteiger partial charge on any atom is 0.144 e. The van der Waals surface area contributed by atoms with Crippen LogP contribution >= 0.6 is 0 Å². The maximum absolute atomic E-state index is 9.34. The SMILES string of the molecule is Cc1ccc(-n2ccnc2-c2ccc(N)cc2)c(C#N)c1. The van der Waals surface area contributed by atoms with E-state index in [4.69, 9.17) is 5.73 Å². The molecule has 2 aromatic carbocycles. The van der Waals surface area contributed by atoms with Crippen LogP contribution in [0.3, 0.4) is 0 Å². The molecule has 0 spiro atoms. The number of anilines is 1. The van der Waals surface area contributed by atoms with Crippen molar-refractivity contribution in [3.05, 3.63) is 66.0 Å². The summed E-state index contributed by atoms with van der Waals surface area (Å²) in [5.41, 5.74) is 9.91. The molecule has 3 rings (SSSR count). The molecule has 2 N–H and O–H groups in total. The van der Waals surface area contributed by atoms with Gasteiger partial charge in [-0.1, -0.05) is 6.07 Å². The van der Waals surface area contributed by atoms with Crippen LogP contribution < -0.4 is 5.73 Å². The Labute approximate surface area is 123 Å². The molecule has 0 fully saturated rings. The zero-order valence-corrected chi connectivity index (χ0v) is 11.6. The summed E-state index contributed by atoms with van der Waals surface area (Å²) in [4.78, 5) is 4.40. The molecule has 0 radical (unpaired) electrons. The lowest BCUT2D eigenvalue weighted by molar-refractivity contribution is 1.06. The van der Waals surface area contributed by atoms with Crippen molar-refractivity contribution in [2.24, 2.45) is 0 Å². The van der Waals surface area contributed by atoms with Gasteiger partial charge in [-0.25, -0.2) is 4.98 Å². The van der Waals surface area contributed by atoms with E-state index in [1.165, 1.54) is 0 Å². The lowest BCUT2D eigenvalue weighted by Crippen LogP contribution is -1.99. The van der Waals surface area contributed by atoms with Crippen LogP contribution in [0.15, 0.2) is 54.9 Å². The highest BCUT2D eigenvalue weighted by Gasteiger charge is 2.11. The van der Waals surface area contributed by atoms with Crippen molar-refractivity contribution in [1.82, 2.24) is 9.55 Å². The van der Waals surface area contributed by atoms with Gasteiger partial charge in [0.05, 0.1) is 11.3 Å². The molecular formula is C17H14N4. The zero-order chi connectivity index (χ0) is 14.8. The Balaban J connectivity index is 2.16. The Kier molecular flexibility index (Phi) is 3.17. The minimum atomic E-state index is 0.629. The third-order valence-corrected chi connectivity index (χ3v) is 3.34. The van der Waals surface area contributed by atoms with E-state index in [1.54, 1.807) is 6.20 Å². The van der Waals surface area contributed by atoms with Crippen molar-refractivity contribution in [3.8, 4) is 23.1 Å². The summed E-state index contributed by atoms with van der Waals surface area (Å²) >= 11 is 0. The number of nitriles is 1. The van der Waals surface area contributed by atoms with Crippen LogP contribution in [0.5, 0.6) is 0 Å². The zero-order valence-electron chi connectivity index (χ0n) is 11.6. The average Bonchev–Trinajstić information content (AvgIpc) is 2.97. The van der Waals surface area contributed by atoms with Gasteiger partial charge in [-0.3, -0.25) is 4.57 Å². The van der Waals surface area contributed by atoms with E-state index in [-0.39, 0.29) is 0 Å². The highest BCUT2D eigenvalue weighted by atomic mass is 15.1. The smallest absolute Gasteiger partial charge is 0.144 e. The molecule has 102 valence electrons. The summed E-state index contributed by atoms with van der Waals surface area (Å²) in [5.74, 6) is 0.787. The van der Waals surface area contributed by atoms with Crippen molar-refractivity contribution in [2.45, 2.75) is 6.92 Å². The molecule has 21 heavy (non-hydrogen) atoms. The van der Waals surface area contributed by atoms with Gasteiger partial charge in [0.2, 0.25) is 0 Å². The third-order valence-electron chi connectivity index (χ3n) is 3.34. The van der Waals surface area contributed by atoms with E-state index in [0.717, 1.165) is 22.6 Å². The van der Waals surface area contributed by atoms with Crippen LogP contribution in [0.2, 0.25) is 0 Å². The largest absolute Gasteiger partial charge is 0.399 e. The first-order valence-corrected chi connectivity index (χ1v) is 6.59. The van der Waals surface area contributed by atoms with Crippen molar-refractivity contribution < 1.29 is 0 Å². The second kappa shape index (κ2) is 5.14. The molecule has 4 nitrogen and oxygen atoms in total. The first-order chi connectivity index (χ1) is 10.2. The van der Waals surface area contributed by atoms with Crippen LogP contribution in [-0.2, 0) is 0 Å². The number of benzene rings is 2. The Hall–Kier alpha value is -3.06. The molecule has 0 bridgehead atoms. The number of aryl methyl sites for hydroxylation is 1. The van der Waals surface area contributed by atoms with Crippen LogP contribution in [0.4, 0.5) is 5.69 Å². The molecule has 4 heteroatoms. The van der Waals surface area contributed by atoms with Crippen LogP contribution in [0.25, 0.3) is 17.1 Å². The summed E-state index contributed by atoms with van der Waals surface area (Å²) < 4.78 is 1.92. The average molecular weight is 274 g/mol. The summed E-state index contributed by atoms with van der Waals surface area (Å²) in [6.45, 7) is 1.97. The Bertz CT molecular complexity index is 823. The fraction of sp³-hybridized carbons (Fsp3) is 0.0588. The lowest BCUT2D eigenvalue weighted by atomic mass is 10.1. The van der Waals surface area contributed by atoms with Crippen molar-refractivity contribution in [2.75, 3.05) is 5.73 Å². The van der Waals surface area contributed by atoms with Gasteiger partial charge in [0.15, 0.2) is 0 Å². The fourth-order valence-electron chi connectivity index (χ4n) is 2.29. The standard InChI is InChI=1S/C17H14N4/c1-12-2-7-16(14(10-12)11-18)21-9-8-20-17(21)13-3-5-15(19)6-4-13/h2-10H,19H2,1H3. The summed E-state index contributed by atoms with van der Waals surface area (Å²) in [5, 5.41) is 9.34. The molecule has 0 atom stereocenters. The molecule has 3 aromatic rings. The first-order valence-electron chi connectivity index (χ1n) is 6.59. The molecule has 0 saturated carbocycles. The number of aromatic nitrogens is 2. The molecule has 0 aliphatic carbocycles. The van der Waals surface area contributed by atoms with Crippen molar-refractivity contribution in [3.63, 3.8) is 0 Å². The Morgan fingerprint density at radius 3 is 2.62 bits per heavy atom. The van der Waals surface area contributed by atoms with Gasteiger partial charge in [-0.05, 0) is 48.9 Å². The van der Waals surface area contributed by atoms with Gasteiger partial charge >= 0.3 is 0 Å². The predicted molar refractivity (Wildman–Crippen MR) is 82.9 cm³/mol. The van der Waals surface area contributed by atoms with E-state index in [0.29, 0.717) is 11.3 Å². The number of nitrogen functional groups attached to an aromatic ring is 1. The quantitative estimate of drug-likeness (QED) is 0.729. The third kappa shape index (κ3) is 2.37. The van der Waals surface area contributed by atoms with E-state index >= 15 is 0 Å². The summed E-state index contributed by atoms with van der Waals surface area (Å²) in [6.07, 6.45) is 3.59. The van der Waals surface area contributed by atoms with E-state index in [1.807, 2.05) is 60.2 Å². The number of hydrogen-bond donors (Lipinski definition) is 1. The summed E-state index contributed by atoms with van der Waals surface area (Å²) in [7, 11) is 0. The van der Waals surface area contributed by atoms with Gasteiger partial charge in [0.25, 0.3) is 0 Å². The van der Waals surface area contributed by atoms with Gasteiger partial charge in [-0.15, -0.1) is 0 Å². The van der Waals surface area contributed by atoms with Crippen molar-refractivity contribution in [1.29, 1.82) is 5.26 Å². The minimum absolute atomic E-state index is 0.629. The van der Waals surface area contributed by atoms with E-state index in [2.05, 4.69) is 11.1 Å². The Morgan fingerprint density at radius 1 is 1.14 bits per heavy atom. The van der Waals surface area contributed by atoms with E-state index in [9.17, 15) is 5.26 Å². The second-order valence-electron chi connectivity index (χ2n) is 4.88. The highest BCUT2D eigenvalue weighted by molar-refractivity contribution is 5.63. The Morgan fingerprint density at radius 2 is 1.90 bits per heavy atom. The molecule has 0 amide bonds. The molecule has 0 aliphatic heterocycles. The number of imidazole rings is 1. The summed E-state index contributed by atoms with van der Waals surface area (Å²) in [6, 6.07) is 15.6. The maximum atomic E-state index is 9.34. The minimum Gasteiger partial charge on any atom is -0.399 e. The molecule has 1 heterocycles. The fourth-order valence-corrected chi connectivity index (χ4v) is 2.29. The molecule has 0 aliphatic rings. The molecule has 0 saturated heterocycles. The second-order valence-corrected chi connectivity index (χ2v) is 4.88. The van der Waals surface area contributed by atoms with Crippen molar-refractivity contribution >= 4 is 5.69 Å². The topological polar surface area (TPSA) is 67.6 Å².